The highest BCUT2D eigenvalue weighted by molar-refractivity contribution is 6.02. The lowest BCUT2D eigenvalue weighted by Gasteiger charge is -2.13. The standard InChI is InChI=1S/C18H14F4N2O4/c1-28-15(26)8-5-10-3-2-4-12(19)16(10)24-17(27)23-13-9-11(18(20,21)22)6-7-14(13)25/h2-9,25H,1H3,(H2,23,24,27)/b8-5+. The Labute approximate surface area is 156 Å². The Morgan fingerprint density at radius 1 is 1.14 bits per heavy atom. The van der Waals surface area contributed by atoms with Crippen molar-refractivity contribution in [3.8, 4) is 5.75 Å². The Hall–Kier alpha value is -3.56. The molecule has 0 fully saturated rings. The third-order valence-electron chi connectivity index (χ3n) is 3.46. The molecule has 0 aromatic heterocycles. The van der Waals surface area contributed by atoms with Crippen LogP contribution in [0.4, 0.5) is 33.7 Å². The number of aromatic hydroxyl groups is 1. The van der Waals surface area contributed by atoms with Crippen LogP contribution in [0.15, 0.2) is 42.5 Å². The van der Waals surface area contributed by atoms with E-state index in [-0.39, 0.29) is 11.3 Å². The molecule has 0 radical (unpaired) electrons. The molecule has 0 aliphatic carbocycles. The summed E-state index contributed by atoms with van der Waals surface area (Å²) in [6.45, 7) is 0. The summed E-state index contributed by atoms with van der Waals surface area (Å²) in [5, 5.41) is 13.8. The van der Waals surface area contributed by atoms with Crippen molar-refractivity contribution in [2.75, 3.05) is 17.7 Å². The van der Waals surface area contributed by atoms with Crippen molar-refractivity contribution in [1.82, 2.24) is 0 Å². The van der Waals surface area contributed by atoms with Crippen molar-refractivity contribution in [1.29, 1.82) is 0 Å². The van der Waals surface area contributed by atoms with Crippen molar-refractivity contribution in [3.63, 3.8) is 0 Å². The van der Waals surface area contributed by atoms with Crippen molar-refractivity contribution < 1.29 is 37.0 Å². The van der Waals surface area contributed by atoms with E-state index in [9.17, 15) is 32.3 Å². The molecule has 0 atom stereocenters. The monoisotopic (exact) mass is 398 g/mol. The van der Waals surface area contributed by atoms with Crippen LogP contribution in [0.3, 0.4) is 0 Å². The molecule has 3 N–H and O–H groups in total. The molecule has 28 heavy (non-hydrogen) atoms. The number of rotatable bonds is 4. The lowest BCUT2D eigenvalue weighted by molar-refractivity contribution is -0.137. The molecule has 2 aromatic carbocycles. The van der Waals surface area contributed by atoms with Crippen molar-refractivity contribution in [2.24, 2.45) is 0 Å². The lowest BCUT2D eigenvalue weighted by Crippen LogP contribution is -2.21. The van der Waals surface area contributed by atoms with Crippen molar-refractivity contribution in [3.05, 3.63) is 59.4 Å². The van der Waals surface area contributed by atoms with Crippen molar-refractivity contribution >= 4 is 29.5 Å². The number of benzene rings is 2. The van der Waals surface area contributed by atoms with Gasteiger partial charge in [-0.25, -0.2) is 14.0 Å². The topological polar surface area (TPSA) is 87.7 Å². The number of phenolic OH excluding ortho intramolecular Hbond substituents is 1. The van der Waals surface area contributed by atoms with Crippen LogP contribution in [0.5, 0.6) is 5.75 Å². The molecule has 0 unspecified atom stereocenters. The van der Waals surface area contributed by atoms with Gasteiger partial charge in [0.15, 0.2) is 0 Å². The number of methoxy groups -OCH3 is 1. The summed E-state index contributed by atoms with van der Waals surface area (Å²) in [6, 6.07) is 4.60. The molecular formula is C18H14F4N2O4. The third kappa shape index (κ3) is 5.22. The van der Waals surface area contributed by atoms with Crippen LogP contribution in [0.2, 0.25) is 0 Å². The molecule has 6 nitrogen and oxygen atoms in total. The fourth-order valence-electron chi connectivity index (χ4n) is 2.12. The molecular weight excluding hydrogens is 384 g/mol. The summed E-state index contributed by atoms with van der Waals surface area (Å²) >= 11 is 0. The maximum atomic E-state index is 14.1. The number of carbonyl (C=O) groups excluding carboxylic acids is 2. The van der Waals surface area contributed by atoms with Crippen LogP contribution < -0.4 is 10.6 Å². The van der Waals surface area contributed by atoms with Crippen LogP contribution in [0, 0.1) is 5.82 Å². The number of phenols is 1. The molecule has 10 heteroatoms. The third-order valence-corrected chi connectivity index (χ3v) is 3.46. The van der Waals surface area contributed by atoms with Gasteiger partial charge in [0.25, 0.3) is 0 Å². The van der Waals surface area contributed by atoms with E-state index < -0.39 is 41.0 Å². The first-order valence-electron chi connectivity index (χ1n) is 7.64. The zero-order valence-corrected chi connectivity index (χ0v) is 14.3. The molecule has 0 saturated heterocycles. The van der Waals surface area contributed by atoms with Gasteiger partial charge in [0, 0.05) is 11.6 Å². The van der Waals surface area contributed by atoms with Gasteiger partial charge in [0.05, 0.1) is 24.0 Å². The Balaban J connectivity index is 2.25. The van der Waals surface area contributed by atoms with Gasteiger partial charge in [-0.1, -0.05) is 12.1 Å². The molecule has 0 heterocycles. The first-order valence-corrected chi connectivity index (χ1v) is 7.64. The first-order chi connectivity index (χ1) is 13.1. The van der Waals surface area contributed by atoms with E-state index in [0.717, 1.165) is 25.3 Å². The van der Waals surface area contributed by atoms with Gasteiger partial charge in [-0.05, 0) is 30.3 Å². The second-order valence-corrected chi connectivity index (χ2v) is 5.37. The smallest absolute Gasteiger partial charge is 0.416 e. The number of amides is 2. The molecule has 0 aliphatic rings. The molecule has 2 aromatic rings. The minimum Gasteiger partial charge on any atom is -0.506 e. The van der Waals surface area contributed by atoms with Crippen molar-refractivity contribution in [2.45, 2.75) is 6.18 Å². The second-order valence-electron chi connectivity index (χ2n) is 5.37. The Kier molecular flexibility index (Phi) is 6.24. The Bertz CT molecular complexity index is 926. The number of hydrogen-bond donors (Lipinski definition) is 3. The second kappa shape index (κ2) is 8.42. The van der Waals surface area contributed by atoms with Crippen LogP contribution >= 0.6 is 0 Å². The average molecular weight is 398 g/mol. The summed E-state index contributed by atoms with van der Waals surface area (Å²) in [4.78, 5) is 23.3. The molecule has 0 aliphatic heterocycles. The van der Waals surface area contributed by atoms with E-state index in [2.05, 4.69) is 10.1 Å². The van der Waals surface area contributed by atoms with Gasteiger partial charge in [-0.15, -0.1) is 0 Å². The number of urea groups is 1. The Morgan fingerprint density at radius 3 is 2.50 bits per heavy atom. The average Bonchev–Trinajstić information content (AvgIpc) is 2.62. The van der Waals surface area contributed by atoms with Crippen LogP contribution in [-0.4, -0.2) is 24.2 Å². The van der Waals surface area contributed by atoms with Crippen LogP contribution in [-0.2, 0) is 15.7 Å². The van der Waals surface area contributed by atoms with Gasteiger partial charge >= 0.3 is 18.2 Å². The number of halogens is 4. The fraction of sp³-hybridized carbons (Fsp3) is 0.111. The van der Waals surface area contributed by atoms with E-state index in [1.807, 2.05) is 5.32 Å². The number of para-hydroxylation sites is 1. The summed E-state index contributed by atoms with van der Waals surface area (Å²) in [6.07, 6.45) is -2.50. The number of carbonyl (C=O) groups is 2. The van der Waals surface area contributed by atoms with Gasteiger partial charge in [0.2, 0.25) is 0 Å². The van der Waals surface area contributed by atoms with Gasteiger partial charge in [-0.2, -0.15) is 13.2 Å². The zero-order chi connectivity index (χ0) is 20.9. The van der Waals surface area contributed by atoms with Crippen LogP contribution in [0.1, 0.15) is 11.1 Å². The first kappa shape index (κ1) is 20.7. The minimum atomic E-state index is -4.68. The zero-order valence-electron chi connectivity index (χ0n) is 14.3. The van der Waals surface area contributed by atoms with E-state index in [1.165, 1.54) is 18.2 Å². The van der Waals surface area contributed by atoms with Gasteiger partial charge in [0.1, 0.15) is 11.6 Å². The number of nitrogens with one attached hydrogen (secondary N) is 2. The Morgan fingerprint density at radius 2 is 1.86 bits per heavy atom. The van der Waals surface area contributed by atoms with Crippen LogP contribution in [0.25, 0.3) is 6.08 Å². The van der Waals surface area contributed by atoms with Gasteiger partial charge < -0.3 is 20.5 Å². The maximum absolute atomic E-state index is 14.1. The van der Waals surface area contributed by atoms with Gasteiger partial charge in [-0.3, -0.25) is 0 Å². The maximum Gasteiger partial charge on any atom is 0.416 e. The molecule has 0 saturated carbocycles. The highest BCUT2D eigenvalue weighted by atomic mass is 19.4. The summed E-state index contributed by atoms with van der Waals surface area (Å²) in [7, 11) is 1.15. The normalized spacial score (nSPS) is 11.3. The summed E-state index contributed by atoms with van der Waals surface area (Å²) < 4.78 is 56.8. The van der Waals surface area contributed by atoms with E-state index in [4.69, 9.17) is 0 Å². The summed E-state index contributed by atoms with van der Waals surface area (Å²) in [5.74, 6) is -2.17. The number of alkyl halides is 3. The molecule has 2 amide bonds. The fourth-order valence-corrected chi connectivity index (χ4v) is 2.12. The number of hydrogen-bond acceptors (Lipinski definition) is 4. The summed E-state index contributed by atoms with van der Waals surface area (Å²) in [5.41, 5.74) is -1.83. The minimum absolute atomic E-state index is 0.105. The quantitative estimate of drug-likeness (QED) is 0.309. The molecule has 2 rings (SSSR count). The number of esters is 1. The van der Waals surface area contributed by atoms with E-state index in [1.54, 1.807) is 0 Å². The predicted molar refractivity (Wildman–Crippen MR) is 93.2 cm³/mol. The predicted octanol–water partition coefficient (Wildman–Crippen LogP) is 4.38. The molecule has 0 bridgehead atoms. The highest BCUT2D eigenvalue weighted by Crippen LogP contribution is 2.34. The molecule has 0 spiro atoms. The highest BCUT2D eigenvalue weighted by Gasteiger charge is 2.31. The largest absolute Gasteiger partial charge is 0.506 e. The number of anilines is 2. The molecule has 148 valence electrons. The van der Waals surface area contributed by atoms with E-state index >= 15 is 0 Å². The SMILES string of the molecule is COC(=O)/C=C/c1cccc(F)c1NC(=O)Nc1cc(C(F)(F)F)ccc1O. The van der Waals surface area contributed by atoms with E-state index in [0.29, 0.717) is 12.1 Å². The number of ether oxygens (including phenoxy) is 1. The lowest BCUT2D eigenvalue weighted by atomic mass is 10.1.